The molecule has 1 aliphatic heterocycles. The van der Waals surface area contributed by atoms with Crippen molar-refractivity contribution < 1.29 is 14.0 Å². The van der Waals surface area contributed by atoms with Gasteiger partial charge in [0.25, 0.3) is 0 Å². The Hall–Kier alpha value is -2.60. The number of anilines is 1. The van der Waals surface area contributed by atoms with Crippen molar-refractivity contribution in [2.24, 2.45) is 0 Å². The number of benzene rings is 2. The Labute approximate surface area is 149 Å². The van der Waals surface area contributed by atoms with Crippen molar-refractivity contribution in [3.63, 3.8) is 0 Å². The molecule has 0 saturated carbocycles. The summed E-state index contributed by atoms with van der Waals surface area (Å²) in [6.45, 7) is 0.675. The summed E-state index contributed by atoms with van der Waals surface area (Å²) < 4.78 is 13.3. The molecule has 0 spiro atoms. The lowest BCUT2D eigenvalue weighted by molar-refractivity contribution is -0.117. The van der Waals surface area contributed by atoms with E-state index in [9.17, 15) is 14.0 Å². The molecule has 0 radical (unpaired) electrons. The summed E-state index contributed by atoms with van der Waals surface area (Å²) in [5.74, 6) is -0.545. The fourth-order valence-corrected chi connectivity index (χ4v) is 2.84. The molecule has 2 N–H and O–H groups in total. The van der Waals surface area contributed by atoms with Gasteiger partial charge >= 0.3 is 6.03 Å². The Kier molecular flexibility index (Phi) is 5.19. The van der Waals surface area contributed by atoms with Gasteiger partial charge in [0.1, 0.15) is 5.82 Å². The van der Waals surface area contributed by atoms with Gasteiger partial charge in [0.05, 0.1) is 6.04 Å². The van der Waals surface area contributed by atoms with Gasteiger partial charge in [-0.1, -0.05) is 29.8 Å². The van der Waals surface area contributed by atoms with E-state index in [-0.39, 0.29) is 24.4 Å². The van der Waals surface area contributed by atoms with Crippen LogP contribution >= 0.6 is 11.6 Å². The summed E-state index contributed by atoms with van der Waals surface area (Å²) in [5.41, 5.74) is 1.42. The van der Waals surface area contributed by atoms with Gasteiger partial charge in [-0.15, -0.1) is 0 Å². The van der Waals surface area contributed by atoms with Gasteiger partial charge in [-0.3, -0.25) is 4.79 Å². The minimum Gasteiger partial charge on any atom is -0.334 e. The van der Waals surface area contributed by atoms with Crippen LogP contribution in [-0.4, -0.2) is 24.5 Å². The number of nitrogens with one attached hydrogen (secondary N) is 2. The van der Waals surface area contributed by atoms with Gasteiger partial charge in [0.2, 0.25) is 5.91 Å². The van der Waals surface area contributed by atoms with E-state index >= 15 is 0 Å². The van der Waals surface area contributed by atoms with Gasteiger partial charge < -0.3 is 15.5 Å². The van der Waals surface area contributed by atoms with Crippen molar-refractivity contribution in [1.82, 2.24) is 10.6 Å². The zero-order valence-electron chi connectivity index (χ0n) is 13.3. The van der Waals surface area contributed by atoms with Crippen LogP contribution in [0, 0.1) is 5.82 Å². The van der Waals surface area contributed by atoms with Crippen molar-refractivity contribution in [1.29, 1.82) is 0 Å². The first-order chi connectivity index (χ1) is 12.0. The third kappa shape index (κ3) is 4.48. The number of carbonyl (C=O) groups excluding carboxylic acids is 2. The SMILES string of the molecule is O=C(NCc1ccc(Cl)cc1)N[C@@H]1CC(=O)N(c2cccc(F)c2)C1. The first kappa shape index (κ1) is 17.2. The van der Waals surface area contributed by atoms with Crippen molar-refractivity contribution >= 4 is 29.2 Å². The van der Waals surface area contributed by atoms with Crippen LogP contribution < -0.4 is 15.5 Å². The Balaban J connectivity index is 1.52. The largest absolute Gasteiger partial charge is 0.334 e. The molecule has 1 fully saturated rings. The minimum atomic E-state index is -0.401. The summed E-state index contributed by atoms with van der Waals surface area (Å²) in [6.07, 6.45) is 0.185. The Morgan fingerprint density at radius 3 is 2.72 bits per heavy atom. The highest BCUT2D eigenvalue weighted by Gasteiger charge is 2.31. The van der Waals surface area contributed by atoms with Gasteiger partial charge in [0, 0.05) is 30.2 Å². The zero-order valence-corrected chi connectivity index (χ0v) is 14.1. The lowest BCUT2D eigenvalue weighted by Gasteiger charge is -2.17. The number of halogens is 2. The Morgan fingerprint density at radius 2 is 2.00 bits per heavy atom. The van der Waals surface area contributed by atoms with Crippen LogP contribution in [-0.2, 0) is 11.3 Å². The summed E-state index contributed by atoms with van der Waals surface area (Å²) in [4.78, 5) is 25.6. The number of urea groups is 1. The van der Waals surface area contributed by atoms with Crippen LogP contribution in [0.2, 0.25) is 5.02 Å². The van der Waals surface area contributed by atoms with E-state index in [4.69, 9.17) is 11.6 Å². The normalized spacial score (nSPS) is 16.8. The first-order valence-electron chi connectivity index (χ1n) is 7.86. The van der Waals surface area contributed by atoms with Crippen molar-refractivity contribution in [3.05, 3.63) is 64.9 Å². The summed E-state index contributed by atoms with van der Waals surface area (Å²) >= 11 is 5.82. The van der Waals surface area contributed by atoms with Crippen LogP contribution in [0.1, 0.15) is 12.0 Å². The summed E-state index contributed by atoms with van der Waals surface area (Å²) in [7, 11) is 0. The third-order valence-corrected chi connectivity index (χ3v) is 4.20. The molecule has 25 heavy (non-hydrogen) atoms. The average Bonchev–Trinajstić information content (AvgIpc) is 2.94. The minimum absolute atomic E-state index is 0.145. The molecule has 2 aromatic carbocycles. The third-order valence-electron chi connectivity index (χ3n) is 3.95. The highest BCUT2D eigenvalue weighted by Crippen LogP contribution is 2.22. The maximum absolute atomic E-state index is 13.3. The molecule has 7 heteroatoms. The van der Waals surface area contributed by atoms with Gasteiger partial charge in [-0.25, -0.2) is 9.18 Å². The molecule has 130 valence electrons. The zero-order chi connectivity index (χ0) is 17.8. The molecule has 2 aromatic rings. The molecule has 1 aliphatic rings. The maximum Gasteiger partial charge on any atom is 0.315 e. The second-order valence-electron chi connectivity index (χ2n) is 5.84. The fraction of sp³-hybridized carbons (Fsp3) is 0.222. The van der Waals surface area contributed by atoms with Crippen LogP contribution in [0.25, 0.3) is 0 Å². The molecule has 0 aromatic heterocycles. The quantitative estimate of drug-likeness (QED) is 0.879. The second-order valence-corrected chi connectivity index (χ2v) is 6.28. The predicted octanol–water partition coefficient (Wildman–Crippen LogP) is 3.08. The molecular formula is C18H17ClFN3O2. The number of nitrogens with zero attached hydrogens (tertiary/aromatic N) is 1. The Bertz CT molecular complexity index is 782. The summed E-state index contributed by atoms with van der Waals surface area (Å²) in [6, 6.07) is 12.3. The molecule has 0 aliphatic carbocycles. The highest BCUT2D eigenvalue weighted by atomic mass is 35.5. The molecule has 1 atom stereocenters. The van der Waals surface area contributed by atoms with Crippen molar-refractivity contribution in [2.75, 3.05) is 11.4 Å². The smallest absolute Gasteiger partial charge is 0.315 e. The molecule has 0 bridgehead atoms. The number of amides is 3. The topological polar surface area (TPSA) is 61.4 Å². The van der Waals surface area contributed by atoms with Gasteiger partial charge in [-0.2, -0.15) is 0 Å². The van der Waals surface area contributed by atoms with Crippen LogP contribution in [0.4, 0.5) is 14.9 Å². The molecule has 1 saturated heterocycles. The van der Waals surface area contributed by atoms with Crippen molar-refractivity contribution in [2.45, 2.75) is 19.0 Å². The number of hydrogen-bond acceptors (Lipinski definition) is 2. The molecule has 5 nitrogen and oxygen atoms in total. The monoisotopic (exact) mass is 361 g/mol. The molecule has 3 amide bonds. The van der Waals surface area contributed by atoms with Crippen LogP contribution in [0.15, 0.2) is 48.5 Å². The maximum atomic E-state index is 13.3. The number of rotatable bonds is 4. The van der Waals surface area contributed by atoms with Crippen LogP contribution in [0.3, 0.4) is 0 Å². The average molecular weight is 362 g/mol. The van der Waals surface area contributed by atoms with E-state index in [0.717, 1.165) is 5.56 Å². The Morgan fingerprint density at radius 1 is 1.24 bits per heavy atom. The summed E-state index contributed by atoms with van der Waals surface area (Å²) in [5, 5.41) is 6.15. The molecule has 1 heterocycles. The molecule has 3 rings (SSSR count). The van der Waals surface area contributed by atoms with E-state index in [1.54, 1.807) is 24.3 Å². The van der Waals surface area contributed by atoms with E-state index in [2.05, 4.69) is 10.6 Å². The predicted molar refractivity (Wildman–Crippen MR) is 94.0 cm³/mol. The van der Waals surface area contributed by atoms with Gasteiger partial charge in [-0.05, 0) is 35.9 Å². The second kappa shape index (κ2) is 7.53. The first-order valence-corrected chi connectivity index (χ1v) is 8.24. The lowest BCUT2D eigenvalue weighted by Crippen LogP contribution is -2.43. The number of carbonyl (C=O) groups is 2. The fourth-order valence-electron chi connectivity index (χ4n) is 2.72. The number of hydrogen-bond donors (Lipinski definition) is 2. The lowest BCUT2D eigenvalue weighted by atomic mass is 10.2. The standard InChI is InChI=1S/C18H17ClFN3O2/c19-13-6-4-12(5-7-13)10-21-18(25)22-15-9-17(24)23(11-15)16-3-1-2-14(20)8-16/h1-8,15H,9-11H2,(H2,21,22,25)/t15-/m1/s1. The van der Waals surface area contributed by atoms with E-state index < -0.39 is 5.82 Å². The van der Waals surface area contributed by atoms with E-state index in [1.165, 1.54) is 17.0 Å². The van der Waals surface area contributed by atoms with E-state index in [1.807, 2.05) is 12.1 Å². The van der Waals surface area contributed by atoms with E-state index in [0.29, 0.717) is 23.8 Å². The van der Waals surface area contributed by atoms with Crippen molar-refractivity contribution in [3.8, 4) is 0 Å². The molecular weight excluding hydrogens is 345 g/mol. The van der Waals surface area contributed by atoms with Gasteiger partial charge in [0.15, 0.2) is 0 Å². The van der Waals surface area contributed by atoms with Crippen LogP contribution in [0.5, 0.6) is 0 Å². The highest BCUT2D eigenvalue weighted by molar-refractivity contribution is 6.30. The molecule has 0 unspecified atom stereocenters.